The minimum absolute atomic E-state index is 0.264. The van der Waals surface area contributed by atoms with Crippen molar-refractivity contribution in [1.29, 1.82) is 10.5 Å². The van der Waals surface area contributed by atoms with Crippen LogP contribution in [-0.4, -0.2) is 15.4 Å². The van der Waals surface area contributed by atoms with Gasteiger partial charge in [0.25, 0.3) is 5.65 Å². The molecule has 0 bridgehead atoms. The van der Waals surface area contributed by atoms with E-state index in [1.165, 1.54) is 15.9 Å². The Morgan fingerprint density at radius 2 is 2.08 bits per heavy atom. The summed E-state index contributed by atoms with van der Waals surface area (Å²) in [7, 11) is 0. The molecule has 0 aromatic carbocycles. The third-order valence-electron chi connectivity index (χ3n) is 3.66. The molecule has 0 saturated carbocycles. The number of nitrogens with zero attached hydrogens (tertiary/aromatic N) is 5. The van der Waals surface area contributed by atoms with Gasteiger partial charge in [-0.3, -0.25) is 0 Å². The van der Waals surface area contributed by atoms with Crippen molar-refractivity contribution in [1.82, 2.24) is 9.61 Å². The molecule has 8 heteroatoms. The molecule has 3 heterocycles. The maximum absolute atomic E-state index is 9.83. The Morgan fingerprint density at radius 1 is 1.33 bits per heavy atom. The van der Waals surface area contributed by atoms with Gasteiger partial charge in [0.05, 0.1) is 11.6 Å². The first-order valence-corrected chi connectivity index (χ1v) is 9.29. The minimum Gasteiger partial charge on any atom is -0.369 e. The van der Waals surface area contributed by atoms with Crippen LogP contribution in [0.5, 0.6) is 0 Å². The van der Waals surface area contributed by atoms with E-state index in [0.29, 0.717) is 28.9 Å². The Labute approximate surface area is 147 Å². The molecule has 3 rings (SSSR count). The lowest BCUT2D eigenvalue weighted by atomic mass is 10.0. The van der Waals surface area contributed by atoms with Gasteiger partial charge in [0.2, 0.25) is 5.82 Å². The topological polar surface area (TPSA) is 94.8 Å². The largest absolute Gasteiger partial charge is 0.369 e. The summed E-state index contributed by atoms with van der Waals surface area (Å²) < 4.78 is 3.50. The van der Waals surface area contributed by atoms with Gasteiger partial charge in [0.15, 0.2) is 0 Å². The van der Waals surface area contributed by atoms with Crippen LogP contribution >= 0.6 is 23.1 Å². The van der Waals surface area contributed by atoms with E-state index < -0.39 is 0 Å². The van der Waals surface area contributed by atoms with Crippen molar-refractivity contribution < 1.29 is 4.57 Å². The first-order valence-electron chi connectivity index (χ1n) is 7.42. The third-order valence-corrected chi connectivity index (χ3v) is 5.40. The molecule has 2 N–H and O–H groups in total. The summed E-state index contributed by atoms with van der Waals surface area (Å²) in [4.78, 5) is 0.853. The van der Waals surface area contributed by atoms with Crippen molar-refractivity contribution in [3.8, 4) is 22.6 Å². The van der Waals surface area contributed by atoms with Crippen LogP contribution < -0.4 is 10.3 Å². The predicted molar refractivity (Wildman–Crippen MR) is 94.6 cm³/mol. The average Bonchev–Trinajstić information content (AvgIpc) is 3.22. The second kappa shape index (κ2) is 6.52. The van der Waals surface area contributed by atoms with Crippen LogP contribution in [0.2, 0.25) is 0 Å². The number of fused-ring (bicyclic) bond motifs is 1. The molecule has 6 nitrogen and oxygen atoms in total. The SMILES string of the molecule is CCSc1nn2c(N)c(C#N)c(-c3cccs3)c(C#N)c2[n+]1CC. The number of rotatable bonds is 4. The van der Waals surface area contributed by atoms with Crippen molar-refractivity contribution >= 4 is 34.6 Å². The van der Waals surface area contributed by atoms with Crippen molar-refractivity contribution in [3.05, 3.63) is 28.6 Å². The van der Waals surface area contributed by atoms with Crippen LogP contribution in [-0.2, 0) is 6.54 Å². The molecule has 3 aromatic rings. The van der Waals surface area contributed by atoms with E-state index in [4.69, 9.17) is 5.73 Å². The van der Waals surface area contributed by atoms with Gasteiger partial charge in [-0.15, -0.1) is 11.3 Å². The van der Waals surface area contributed by atoms with Crippen LogP contribution in [0, 0.1) is 22.7 Å². The number of nitrogens with two attached hydrogens (primary N) is 1. The van der Waals surface area contributed by atoms with Gasteiger partial charge in [0, 0.05) is 16.2 Å². The monoisotopic (exact) mass is 355 g/mol. The summed E-state index contributed by atoms with van der Waals surface area (Å²) in [6.07, 6.45) is 0. The van der Waals surface area contributed by atoms with E-state index in [-0.39, 0.29) is 5.82 Å². The van der Waals surface area contributed by atoms with E-state index in [1.54, 1.807) is 11.8 Å². The zero-order valence-electron chi connectivity index (χ0n) is 13.3. The lowest BCUT2D eigenvalue weighted by Gasteiger charge is -2.06. The molecule has 0 radical (unpaired) electrons. The molecular weight excluding hydrogens is 340 g/mol. The summed E-state index contributed by atoms with van der Waals surface area (Å²) in [6, 6.07) is 8.21. The smallest absolute Gasteiger partial charge is 0.337 e. The molecule has 0 spiro atoms. The van der Waals surface area contributed by atoms with E-state index in [1.807, 2.05) is 35.9 Å². The highest BCUT2D eigenvalue weighted by molar-refractivity contribution is 7.99. The second-order valence-electron chi connectivity index (χ2n) is 4.91. The van der Waals surface area contributed by atoms with Gasteiger partial charge in [-0.2, -0.15) is 10.5 Å². The number of nitriles is 2. The number of pyridine rings is 1. The molecule has 120 valence electrons. The summed E-state index contributed by atoms with van der Waals surface area (Å²) in [5.74, 6) is 1.12. The van der Waals surface area contributed by atoms with Gasteiger partial charge in [-0.05, 0) is 30.1 Å². The predicted octanol–water partition coefficient (Wildman–Crippen LogP) is 2.81. The number of aryl methyl sites for hydroxylation is 1. The standard InChI is InChI=1S/C16H14N6S2/c1-3-21-15-11(9-18)13(12-6-5-7-24-12)10(8-17)14(19)22(15)20-16(21)23-4-2/h5-7,19H,3-4H2,1-2H3/p+1. The van der Waals surface area contributed by atoms with Crippen molar-refractivity contribution in [3.63, 3.8) is 0 Å². The van der Waals surface area contributed by atoms with Crippen LogP contribution in [0.4, 0.5) is 5.82 Å². The van der Waals surface area contributed by atoms with Crippen LogP contribution in [0.1, 0.15) is 25.0 Å². The summed E-state index contributed by atoms with van der Waals surface area (Å²) in [6.45, 7) is 4.71. The summed E-state index contributed by atoms with van der Waals surface area (Å²) in [5, 5.41) is 26.7. The lowest BCUT2D eigenvalue weighted by Crippen LogP contribution is -2.34. The normalized spacial score (nSPS) is 10.7. The molecule has 0 saturated heterocycles. The van der Waals surface area contributed by atoms with E-state index in [0.717, 1.165) is 15.8 Å². The quantitative estimate of drug-likeness (QED) is 0.573. The Balaban J connectivity index is 2.53. The first kappa shape index (κ1) is 16.3. The van der Waals surface area contributed by atoms with E-state index in [9.17, 15) is 10.5 Å². The fraction of sp³-hybridized carbons (Fsp3) is 0.250. The molecule has 0 aliphatic rings. The summed E-state index contributed by atoms with van der Waals surface area (Å²) in [5.41, 5.74) is 8.19. The Kier molecular flexibility index (Phi) is 4.43. The van der Waals surface area contributed by atoms with Crippen LogP contribution in [0.15, 0.2) is 22.7 Å². The Morgan fingerprint density at radius 3 is 2.62 bits per heavy atom. The molecule has 0 fully saturated rings. The highest BCUT2D eigenvalue weighted by Gasteiger charge is 2.31. The first-order chi connectivity index (χ1) is 11.7. The minimum atomic E-state index is 0.264. The molecule has 0 atom stereocenters. The number of thiophene rings is 1. The summed E-state index contributed by atoms with van der Waals surface area (Å²) >= 11 is 3.06. The average molecular weight is 355 g/mol. The van der Waals surface area contributed by atoms with Gasteiger partial charge in [-0.25, -0.2) is 4.57 Å². The van der Waals surface area contributed by atoms with Gasteiger partial charge < -0.3 is 5.73 Å². The molecule has 24 heavy (non-hydrogen) atoms. The van der Waals surface area contributed by atoms with Crippen molar-refractivity contribution in [2.75, 3.05) is 11.5 Å². The zero-order valence-corrected chi connectivity index (χ0v) is 14.9. The Bertz CT molecular complexity index is 989. The highest BCUT2D eigenvalue weighted by Crippen LogP contribution is 2.35. The highest BCUT2D eigenvalue weighted by atomic mass is 32.2. The Hall–Kier alpha value is -2.55. The van der Waals surface area contributed by atoms with Crippen LogP contribution in [0.3, 0.4) is 0 Å². The molecule has 0 aliphatic heterocycles. The van der Waals surface area contributed by atoms with Gasteiger partial charge >= 0.3 is 5.16 Å². The fourth-order valence-electron chi connectivity index (χ4n) is 2.68. The fourth-order valence-corrected chi connectivity index (χ4v) is 4.23. The van der Waals surface area contributed by atoms with Crippen molar-refractivity contribution in [2.45, 2.75) is 25.5 Å². The van der Waals surface area contributed by atoms with Gasteiger partial charge in [-0.1, -0.05) is 17.5 Å². The number of nitrogen functional groups attached to an aromatic ring is 1. The number of aromatic nitrogens is 3. The molecule has 3 aromatic heterocycles. The number of anilines is 1. The number of hydrogen-bond donors (Lipinski definition) is 1. The maximum Gasteiger partial charge on any atom is 0.337 e. The van der Waals surface area contributed by atoms with E-state index >= 15 is 0 Å². The lowest BCUT2D eigenvalue weighted by molar-refractivity contribution is -0.706. The molecule has 0 unspecified atom stereocenters. The maximum atomic E-state index is 9.83. The molecular formula is C16H15N6S2+. The van der Waals surface area contributed by atoms with Crippen molar-refractivity contribution in [2.24, 2.45) is 0 Å². The third kappa shape index (κ3) is 2.32. The van der Waals surface area contributed by atoms with E-state index in [2.05, 4.69) is 17.2 Å². The molecule has 0 aliphatic carbocycles. The molecule has 0 amide bonds. The number of thioether (sulfide) groups is 1. The second-order valence-corrected chi connectivity index (χ2v) is 7.09. The van der Waals surface area contributed by atoms with Crippen LogP contribution in [0.25, 0.3) is 16.1 Å². The number of hydrogen-bond acceptors (Lipinski definition) is 6. The zero-order chi connectivity index (χ0) is 17.3. The van der Waals surface area contributed by atoms with Gasteiger partial charge in [0.1, 0.15) is 23.3 Å².